The Balaban J connectivity index is 2.11. The van der Waals surface area contributed by atoms with Gasteiger partial charge in [-0.2, -0.15) is 17.4 Å². The van der Waals surface area contributed by atoms with E-state index < -0.39 is 10.2 Å². The Morgan fingerprint density at radius 3 is 2.32 bits per heavy atom. The highest BCUT2D eigenvalue weighted by Crippen LogP contribution is 2.30. The highest BCUT2D eigenvalue weighted by molar-refractivity contribution is 7.87. The predicted molar refractivity (Wildman–Crippen MR) is 77.2 cm³/mol. The summed E-state index contributed by atoms with van der Waals surface area (Å²) in [5.41, 5.74) is 0. The smallest absolute Gasteiger partial charge is 0.279 e. The van der Waals surface area contributed by atoms with Gasteiger partial charge in [0.2, 0.25) is 0 Å². The van der Waals surface area contributed by atoms with Crippen molar-refractivity contribution in [3.05, 3.63) is 0 Å². The normalized spacial score (nSPS) is 31.3. The minimum absolute atomic E-state index is 0.0530. The molecule has 0 spiro atoms. The Kier molecular flexibility index (Phi) is 4.87. The van der Waals surface area contributed by atoms with Crippen molar-refractivity contribution in [3.63, 3.8) is 0 Å². The van der Waals surface area contributed by atoms with Crippen LogP contribution in [0, 0.1) is 0 Å². The Morgan fingerprint density at radius 2 is 1.84 bits per heavy atom. The zero-order valence-electron chi connectivity index (χ0n) is 12.2. The standard InChI is InChI=1S/C13H27N3O2S/c1-4-7-16(19(17,18)15-10(2)3)13-8-11-5-6-12(9-13)14-11/h10-15H,4-9H2,1-3H3. The quantitative estimate of drug-likeness (QED) is 0.773. The number of rotatable bonds is 6. The molecule has 19 heavy (non-hydrogen) atoms. The van der Waals surface area contributed by atoms with Crippen LogP contribution < -0.4 is 10.0 Å². The van der Waals surface area contributed by atoms with E-state index >= 15 is 0 Å². The summed E-state index contributed by atoms with van der Waals surface area (Å²) in [4.78, 5) is 0. The second-order valence-electron chi connectivity index (χ2n) is 6.15. The summed E-state index contributed by atoms with van der Waals surface area (Å²) in [6.07, 6.45) is 5.15. The van der Waals surface area contributed by atoms with Gasteiger partial charge in [0.05, 0.1) is 0 Å². The summed E-state index contributed by atoms with van der Waals surface area (Å²) >= 11 is 0. The Hall–Kier alpha value is -0.170. The molecular formula is C13H27N3O2S. The lowest BCUT2D eigenvalue weighted by molar-refractivity contribution is 0.223. The molecule has 2 N–H and O–H groups in total. The summed E-state index contributed by atoms with van der Waals surface area (Å²) in [7, 11) is -3.35. The van der Waals surface area contributed by atoms with Gasteiger partial charge in [-0.1, -0.05) is 6.92 Å². The summed E-state index contributed by atoms with van der Waals surface area (Å²) in [6.45, 7) is 6.39. The van der Waals surface area contributed by atoms with Gasteiger partial charge in [0, 0.05) is 30.7 Å². The number of hydrogen-bond donors (Lipinski definition) is 2. The third-order valence-electron chi connectivity index (χ3n) is 3.99. The molecule has 2 aliphatic heterocycles. The average Bonchev–Trinajstić information content (AvgIpc) is 2.63. The molecule has 0 radical (unpaired) electrons. The second-order valence-corrected chi connectivity index (χ2v) is 7.81. The van der Waals surface area contributed by atoms with E-state index in [9.17, 15) is 8.42 Å². The molecule has 0 aliphatic carbocycles. The van der Waals surface area contributed by atoms with E-state index in [1.54, 1.807) is 4.31 Å². The van der Waals surface area contributed by atoms with E-state index in [0.717, 1.165) is 19.3 Å². The van der Waals surface area contributed by atoms with Crippen LogP contribution in [0.15, 0.2) is 0 Å². The van der Waals surface area contributed by atoms with Gasteiger partial charge < -0.3 is 5.32 Å². The molecule has 0 aromatic rings. The maximum atomic E-state index is 12.5. The third-order valence-corrected chi connectivity index (χ3v) is 5.86. The molecule has 6 heteroatoms. The van der Waals surface area contributed by atoms with Crippen molar-refractivity contribution in [1.82, 2.24) is 14.3 Å². The number of nitrogens with one attached hydrogen (secondary N) is 2. The van der Waals surface area contributed by atoms with Crippen LogP contribution >= 0.6 is 0 Å². The first kappa shape index (κ1) is 15.2. The molecule has 2 rings (SSSR count). The lowest BCUT2D eigenvalue weighted by Crippen LogP contribution is -2.54. The van der Waals surface area contributed by atoms with Gasteiger partial charge in [0.15, 0.2) is 0 Å². The van der Waals surface area contributed by atoms with Crippen molar-refractivity contribution < 1.29 is 8.42 Å². The fourth-order valence-electron chi connectivity index (χ4n) is 3.35. The van der Waals surface area contributed by atoms with Crippen LogP contribution in [0.1, 0.15) is 52.9 Å². The van der Waals surface area contributed by atoms with Crippen LogP contribution in [0.4, 0.5) is 0 Å². The molecule has 2 atom stereocenters. The molecule has 2 saturated heterocycles. The Bertz CT molecular complexity index is 385. The Labute approximate surface area is 117 Å². The van der Waals surface area contributed by atoms with E-state index in [4.69, 9.17) is 0 Å². The van der Waals surface area contributed by atoms with E-state index in [2.05, 4.69) is 10.0 Å². The lowest BCUT2D eigenvalue weighted by atomic mass is 10.00. The maximum absolute atomic E-state index is 12.5. The average molecular weight is 289 g/mol. The minimum atomic E-state index is -3.35. The molecule has 112 valence electrons. The fourth-order valence-corrected chi connectivity index (χ4v) is 5.07. The summed E-state index contributed by atoms with van der Waals surface area (Å²) < 4.78 is 29.4. The number of piperidine rings is 1. The van der Waals surface area contributed by atoms with Gasteiger partial charge >= 0.3 is 0 Å². The molecule has 2 heterocycles. The molecule has 0 amide bonds. The van der Waals surface area contributed by atoms with Crippen LogP contribution in [0.5, 0.6) is 0 Å². The molecule has 0 aromatic heterocycles. The van der Waals surface area contributed by atoms with Gasteiger partial charge in [-0.15, -0.1) is 0 Å². The zero-order chi connectivity index (χ0) is 14.0. The minimum Gasteiger partial charge on any atom is -0.311 e. The van der Waals surface area contributed by atoms with Crippen molar-refractivity contribution >= 4 is 10.2 Å². The van der Waals surface area contributed by atoms with Crippen LogP contribution in [0.2, 0.25) is 0 Å². The van der Waals surface area contributed by atoms with Gasteiger partial charge in [0.1, 0.15) is 0 Å². The third kappa shape index (κ3) is 3.68. The van der Waals surface area contributed by atoms with Crippen LogP contribution in [0.25, 0.3) is 0 Å². The molecule has 2 bridgehead atoms. The van der Waals surface area contributed by atoms with Crippen LogP contribution in [0.3, 0.4) is 0 Å². The van der Waals surface area contributed by atoms with Crippen molar-refractivity contribution in [2.24, 2.45) is 0 Å². The topological polar surface area (TPSA) is 61.4 Å². The van der Waals surface area contributed by atoms with Gasteiger partial charge in [-0.3, -0.25) is 0 Å². The number of nitrogens with zero attached hydrogens (tertiary/aromatic N) is 1. The van der Waals surface area contributed by atoms with E-state index in [1.165, 1.54) is 12.8 Å². The largest absolute Gasteiger partial charge is 0.311 e. The van der Waals surface area contributed by atoms with Crippen molar-refractivity contribution in [2.75, 3.05) is 6.54 Å². The highest BCUT2D eigenvalue weighted by atomic mass is 32.2. The van der Waals surface area contributed by atoms with Gasteiger partial charge in [-0.25, -0.2) is 0 Å². The molecule has 2 aliphatic rings. The number of hydrogen-bond acceptors (Lipinski definition) is 3. The molecule has 0 saturated carbocycles. The zero-order valence-corrected chi connectivity index (χ0v) is 13.0. The lowest BCUT2D eigenvalue weighted by Gasteiger charge is -2.37. The van der Waals surface area contributed by atoms with Crippen molar-refractivity contribution in [3.8, 4) is 0 Å². The van der Waals surface area contributed by atoms with Gasteiger partial charge in [0.25, 0.3) is 10.2 Å². The van der Waals surface area contributed by atoms with Gasteiger partial charge in [-0.05, 0) is 46.0 Å². The van der Waals surface area contributed by atoms with Crippen molar-refractivity contribution in [1.29, 1.82) is 0 Å². The Morgan fingerprint density at radius 1 is 1.26 bits per heavy atom. The monoisotopic (exact) mass is 289 g/mol. The van der Waals surface area contributed by atoms with Crippen LogP contribution in [-0.4, -0.2) is 43.4 Å². The first-order chi connectivity index (χ1) is 8.92. The molecule has 2 fully saturated rings. The highest BCUT2D eigenvalue weighted by Gasteiger charge is 2.39. The molecule has 5 nitrogen and oxygen atoms in total. The number of fused-ring (bicyclic) bond motifs is 2. The molecule has 2 unspecified atom stereocenters. The second kappa shape index (κ2) is 6.08. The molecule has 0 aromatic carbocycles. The molecular weight excluding hydrogens is 262 g/mol. The first-order valence-corrected chi connectivity index (χ1v) is 8.91. The summed E-state index contributed by atoms with van der Waals surface area (Å²) in [6, 6.07) is 1.13. The van der Waals surface area contributed by atoms with E-state index in [0.29, 0.717) is 18.6 Å². The van der Waals surface area contributed by atoms with E-state index in [1.807, 2.05) is 20.8 Å². The predicted octanol–water partition coefficient (Wildman–Crippen LogP) is 1.22. The first-order valence-electron chi connectivity index (χ1n) is 7.47. The van der Waals surface area contributed by atoms with Crippen LogP contribution in [-0.2, 0) is 10.2 Å². The summed E-state index contributed by atoms with van der Waals surface area (Å²) in [5.74, 6) is 0. The van der Waals surface area contributed by atoms with E-state index in [-0.39, 0.29) is 12.1 Å². The maximum Gasteiger partial charge on any atom is 0.279 e. The van der Waals surface area contributed by atoms with Crippen molar-refractivity contribution in [2.45, 2.75) is 77.0 Å². The summed E-state index contributed by atoms with van der Waals surface area (Å²) in [5, 5.41) is 3.57. The SMILES string of the molecule is CCCN(C1CC2CCC(C1)N2)S(=O)(=O)NC(C)C. The fraction of sp³-hybridized carbons (Fsp3) is 1.00.